The van der Waals surface area contributed by atoms with Gasteiger partial charge in [-0.05, 0) is 31.9 Å². The van der Waals surface area contributed by atoms with E-state index in [1.54, 1.807) is 0 Å². The van der Waals surface area contributed by atoms with Crippen molar-refractivity contribution in [2.75, 3.05) is 6.61 Å². The molecule has 98 valence electrons. The molecule has 2 rings (SSSR count). The molecule has 18 heavy (non-hydrogen) atoms. The van der Waals surface area contributed by atoms with Crippen molar-refractivity contribution in [1.29, 1.82) is 0 Å². The van der Waals surface area contributed by atoms with Gasteiger partial charge in [-0.15, -0.1) is 0 Å². The van der Waals surface area contributed by atoms with Gasteiger partial charge in [0.2, 0.25) is 0 Å². The highest BCUT2D eigenvalue weighted by atomic mass is 16.5. The summed E-state index contributed by atoms with van der Waals surface area (Å²) in [5.74, 6) is 0.738. The minimum absolute atomic E-state index is 0.0116. The van der Waals surface area contributed by atoms with E-state index in [1.165, 1.54) is 24.8 Å². The highest BCUT2D eigenvalue weighted by Crippen LogP contribution is 2.17. The van der Waals surface area contributed by atoms with Gasteiger partial charge in [-0.3, -0.25) is 4.79 Å². The lowest BCUT2D eigenvalue weighted by molar-refractivity contribution is -0.124. The third-order valence-electron chi connectivity index (χ3n) is 3.36. The molecule has 3 nitrogen and oxygen atoms in total. The fourth-order valence-electron chi connectivity index (χ4n) is 2.30. The smallest absolute Gasteiger partial charge is 0.258 e. The standard InChI is InChI=1S/C15H21NO2/c1-12-7-9-14(10-8-12)18-11-15(17)16-13-5-3-2-4-6-13/h7-10,13H,2-6,11H2,1H3,(H,16,17). The van der Waals surface area contributed by atoms with E-state index in [1.807, 2.05) is 31.2 Å². The summed E-state index contributed by atoms with van der Waals surface area (Å²) in [6.07, 6.45) is 5.96. The number of benzene rings is 1. The molecule has 1 aromatic carbocycles. The van der Waals surface area contributed by atoms with Crippen LogP contribution >= 0.6 is 0 Å². The zero-order chi connectivity index (χ0) is 12.8. The Morgan fingerprint density at radius 3 is 2.56 bits per heavy atom. The van der Waals surface area contributed by atoms with Crippen LogP contribution in [0.5, 0.6) is 5.75 Å². The number of carbonyl (C=O) groups excluding carboxylic acids is 1. The number of amides is 1. The van der Waals surface area contributed by atoms with E-state index in [0.29, 0.717) is 6.04 Å². The van der Waals surface area contributed by atoms with Crippen molar-refractivity contribution >= 4 is 5.91 Å². The Bertz CT molecular complexity index is 380. The molecular weight excluding hydrogens is 226 g/mol. The van der Waals surface area contributed by atoms with Crippen molar-refractivity contribution < 1.29 is 9.53 Å². The molecule has 0 bridgehead atoms. The second-order valence-electron chi connectivity index (χ2n) is 5.00. The lowest BCUT2D eigenvalue weighted by Crippen LogP contribution is -2.38. The Morgan fingerprint density at radius 2 is 1.89 bits per heavy atom. The molecule has 0 atom stereocenters. The molecule has 0 saturated heterocycles. The van der Waals surface area contributed by atoms with Gasteiger partial charge in [-0.1, -0.05) is 37.0 Å². The molecule has 1 amide bonds. The summed E-state index contributed by atoms with van der Waals surface area (Å²) in [6.45, 7) is 2.14. The maximum Gasteiger partial charge on any atom is 0.258 e. The second kappa shape index (κ2) is 6.43. The second-order valence-corrected chi connectivity index (χ2v) is 5.00. The van der Waals surface area contributed by atoms with Crippen molar-refractivity contribution in [3.63, 3.8) is 0 Å². The summed E-state index contributed by atoms with van der Waals surface area (Å²) in [5.41, 5.74) is 1.19. The fourth-order valence-corrected chi connectivity index (χ4v) is 2.30. The summed E-state index contributed by atoms with van der Waals surface area (Å²) < 4.78 is 5.45. The predicted molar refractivity (Wildman–Crippen MR) is 71.7 cm³/mol. The molecule has 1 aromatic rings. The number of carbonyl (C=O) groups is 1. The highest BCUT2D eigenvalue weighted by molar-refractivity contribution is 5.77. The molecule has 0 aromatic heterocycles. The van der Waals surface area contributed by atoms with Gasteiger partial charge < -0.3 is 10.1 Å². The van der Waals surface area contributed by atoms with E-state index < -0.39 is 0 Å². The zero-order valence-electron chi connectivity index (χ0n) is 10.9. The lowest BCUT2D eigenvalue weighted by Gasteiger charge is -2.22. The number of aryl methyl sites for hydroxylation is 1. The first-order valence-electron chi connectivity index (χ1n) is 6.73. The van der Waals surface area contributed by atoms with Crippen LogP contribution in [0.4, 0.5) is 0 Å². The monoisotopic (exact) mass is 247 g/mol. The number of rotatable bonds is 4. The highest BCUT2D eigenvalue weighted by Gasteiger charge is 2.15. The quantitative estimate of drug-likeness (QED) is 0.888. The summed E-state index contributed by atoms with van der Waals surface area (Å²) in [7, 11) is 0. The van der Waals surface area contributed by atoms with Crippen molar-refractivity contribution in [3.05, 3.63) is 29.8 Å². The van der Waals surface area contributed by atoms with Gasteiger partial charge in [0.15, 0.2) is 6.61 Å². The minimum Gasteiger partial charge on any atom is -0.484 e. The number of nitrogens with one attached hydrogen (secondary N) is 1. The normalized spacial score (nSPS) is 16.3. The maximum absolute atomic E-state index is 11.7. The van der Waals surface area contributed by atoms with Crippen LogP contribution in [0.25, 0.3) is 0 Å². The molecular formula is C15H21NO2. The minimum atomic E-state index is -0.0116. The first-order chi connectivity index (χ1) is 8.74. The molecule has 0 heterocycles. The van der Waals surface area contributed by atoms with E-state index in [-0.39, 0.29) is 12.5 Å². The van der Waals surface area contributed by atoms with Crippen molar-refractivity contribution in [3.8, 4) is 5.75 Å². The van der Waals surface area contributed by atoms with Gasteiger partial charge in [-0.25, -0.2) is 0 Å². The van der Waals surface area contributed by atoms with E-state index in [0.717, 1.165) is 18.6 Å². The number of hydrogen-bond acceptors (Lipinski definition) is 2. The number of hydrogen-bond donors (Lipinski definition) is 1. The van der Waals surface area contributed by atoms with Gasteiger partial charge in [0.1, 0.15) is 5.75 Å². The molecule has 1 aliphatic carbocycles. The molecule has 1 saturated carbocycles. The SMILES string of the molecule is Cc1ccc(OCC(=O)NC2CCCCC2)cc1. The predicted octanol–water partition coefficient (Wildman–Crippen LogP) is 2.82. The average molecular weight is 247 g/mol. The maximum atomic E-state index is 11.7. The van der Waals surface area contributed by atoms with Crippen LogP contribution in [0.15, 0.2) is 24.3 Å². The van der Waals surface area contributed by atoms with Crippen LogP contribution in [-0.2, 0) is 4.79 Å². The first kappa shape index (κ1) is 12.9. The summed E-state index contributed by atoms with van der Waals surface area (Å²) in [4.78, 5) is 11.7. The Hall–Kier alpha value is -1.51. The molecule has 0 unspecified atom stereocenters. The molecule has 0 aliphatic heterocycles. The van der Waals surface area contributed by atoms with E-state index >= 15 is 0 Å². The van der Waals surface area contributed by atoms with Crippen LogP contribution < -0.4 is 10.1 Å². The van der Waals surface area contributed by atoms with Crippen molar-refractivity contribution in [2.24, 2.45) is 0 Å². The van der Waals surface area contributed by atoms with Crippen molar-refractivity contribution in [1.82, 2.24) is 5.32 Å². The molecule has 0 spiro atoms. The Morgan fingerprint density at radius 1 is 1.22 bits per heavy atom. The van der Waals surface area contributed by atoms with Crippen LogP contribution in [0, 0.1) is 6.92 Å². The van der Waals surface area contributed by atoms with E-state index in [4.69, 9.17) is 4.74 Å². The van der Waals surface area contributed by atoms with E-state index in [2.05, 4.69) is 5.32 Å². The molecule has 1 fully saturated rings. The topological polar surface area (TPSA) is 38.3 Å². The summed E-state index contributed by atoms with van der Waals surface area (Å²) in [6, 6.07) is 8.10. The lowest BCUT2D eigenvalue weighted by atomic mass is 9.95. The van der Waals surface area contributed by atoms with Crippen LogP contribution in [-0.4, -0.2) is 18.6 Å². The third kappa shape index (κ3) is 4.06. The number of ether oxygens (including phenoxy) is 1. The van der Waals surface area contributed by atoms with Gasteiger partial charge in [0, 0.05) is 6.04 Å². The van der Waals surface area contributed by atoms with Crippen LogP contribution in [0.3, 0.4) is 0 Å². The van der Waals surface area contributed by atoms with Crippen LogP contribution in [0.1, 0.15) is 37.7 Å². The van der Waals surface area contributed by atoms with Gasteiger partial charge in [0.25, 0.3) is 5.91 Å². The molecule has 3 heteroatoms. The molecule has 1 aliphatic rings. The molecule has 1 N–H and O–H groups in total. The van der Waals surface area contributed by atoms with Crippen molar-refractivity contribution in [2.45, 2.75) is 45.1 Å². The van der Waals surface area contributed by atoms with Gasteiger partial charge >= 0.3 is 0 Å². The first-order valence-corrected chi connectivity index (χ1v) is 6.73. The Kier molecular flexibility index (Phi) is 4.62. The Labute approximate surface area is 109 Å². The van der Waals surface area contributed by atoms with E-state index in [9.17, 15) is 4.79 Å². The largest absolute Gasteiger partial charge is 0.484 e. The summed E-state index contributed by atoms with van der Waals surface area (Å²) >= 11 is 0. The van der Waals surface area contributed by atoms with Gasteiger partial charge in [-0.2, -0.15) is 0 Å². The fraction of sp³-hybridized carbons (Fsp3) is 0.533. The molecule has 0 radical (unpaired) electrons. The Balaban J connectivity index is 1.72. The summed E-state index contributed by atoms with van der Waals surface area (Å²) in [5, 5.41) is 3.04. The zero-order valence-corrected chi connectivity index (χ0v) is 10.9. The average Bonchev–Trinajstić information content (AvgIpc) is 2.39. The third-order valence-corrected chi connectivity index (χ3v) is 3.36. The van der Waals surface area contributed by atoms with Crippen LogP contribution in [0.2, 0.25) is 0 Å². The van der Waals surface area contributed by atoms with Gasteiger partial charge in [0.05, 0.1) is 0 Å².